The number of fused-ring (bicyclic) bond motifs is 1. The molecule has 1 aromatic carbocycles. The van der Waals surface area contributed by atoms with E-state index in [1.165, 1.54) is 23.1 Å². The van der Waals surface area contributed by atoms with Crippen LogP contribution < -0.4 is 4.90 Å². The Labute approximate surface area is 130 Å². The van der Waals surface area contributed by atoms with E-state index in [-0.39, 0.29) is 0 Å². The Kier molecular flexibility index (Phi) is 3.73. The third-order valence-corrected chi connectivity index (χ3v) is 4.92. The standard InChI is InChI=1S/C14H11N5S2/c1-19(2)13-17-18-14(21-13)20-12-10(8-15)7-9-5-3-4-6-11(9)16-12/h3-7H,1-2H3. The van der Waals surface area contributed by atoms with Crippen LogP contribution in [0.2, 0.25) is 0 Å². The predicted molar refractivity (Wildman–Crippen MR) is 84.8 cm³/mol. The zero-order chi connectivity index (χ0) is 14.8. The summed E-state index contributed by atoms with van der Waals surface area (Å²) in [6.45, 7) is 0. The molecular formula is C14H11N5S2. The fourth-order valence-corrected chi connectivity index (χ4v) is 3.50. The maximum Gasteiger partial charge on any atom is 0.208 e. The van der Waals surface area contributed by atoms with Crippen LogP contribution in [0.25, 0.3) is 10.9 Å². The molecule has 3 aromatic rings. The first-order valence-electron chi connectivity index (χ1n) is 6.16. The normalized spacial score (nSPS) is 10.5. The second kappa shape index (κ2) is 5.68. The molecule has 0 saturated heterocycles. The molecule has 0 aliphatic carbocycles. The number of nitrogens with zero attached hydrogens (tertiary/aromatic N) is 5. The van der Waals surface area contributed by atoms with Crippen molar-refractivity contribution < 1.29 is 0 Å². The molecule has 0 bridgehead atoms. The van der Waals surface area contributed by atoms with Gasteiger partial charge in [-0.15, -0.1) is 10.2 Å². The zero-order valence-corrected chi connectivity index (χ0v) is 13.1. The third-order valence-electron chi connectivity index (χ3n) is 2.77. The molecule has 7 heteroatoms. The van der Waals surface area contributed by atoms with Gasteiger partial charge in [-0.25, -0.2) is 4.98 Å². The highest BCUT2D eigenvalue weighted by Crippen LogP contribution is 2.34. The molecule has 0 unspecified atom stereocenters. The number of anilines is 1. The summed E-state index contributed by atoms with van der Waals surface area (Å²) in [5, 5.41) is 20.0. The van der Waals surface area contributed by atoms with Crippen LogP contribution >= 0.6 is 23.1 Å². The molecular weight excluding hydrogens is 302 g/mol. The lowest BCUT2D eigenvalue weighted by Crippen LogP contribution is -2.07. The summed E-state index contributed by atoms with van der Waals surface area (Å²) >= 11 is 2.85. The molecule has 0 spiro atoms. The van der Waals surface area contributed by atoms with E-state index < -0.39 is 0 Å². The average molecular weight is 313 g/mol. The Morgan fingerprint density at radius 2 is 2.05 bits per heavy atom. The summed E-state index contributed by atoms with van der Waals surface area (Å²) < 4.78 is 0.776. The van der Waals surface area contributed by atoms with Crippen LogP contribution in [0.5, 0.6) is 0 Å². The molecule has 21 heavy (non-hydrogen) atoms. The van der Waals surface area contributed by atoms with Crippen LogP contribution in [0, 0.1) is 11.3 Å². The number of hydrogen-bond acceptors (Lipinski definition) is 7. The molecule has 0 saturated carbocycles. The Hall–Kier alpha value is -2.17. The van der Waals surface area contributed by atoms with Crippen molar-refractivity contribution in [2.24, 2.45) is 0 Å². The predicted octanol–water partition coefficient (Wildman–Crippen LogP) is 3.18. The van der Waals surface area contributed by atoms with Crippen LogP contribution in [-0.4, -0.2) is 29.3 Å². The quantitative estimate of drug-likeness (QED) is 0.740. The van der Waals surface area contributed by atoms with Crippen molar-refractivity contribution in [3.05, 3.63) is 35.9 Å². The molecule has 0 radical (unpaired) electrons. The first-order valence-corrected chi connectivity index (χ1v) is 7.79. The van der Waals surface area contributed by atoms with Gasteiger partial charge in [0.05, 0.1) is 11.1 Å². The second-order valence-electron chi connectivity index (χ2n) is 4.49. The fourth-order valence-electron chi connectivity index (χ4n) is 1.76. The summed E-state index contributed by atoms with van der Waals surface area (Å²) in [6.07, 6.45) is 0. The number of hydrogen-bond donors (Lipinski definition) is 0. The van der Waals surface area contributed by atoms with Crippen molar-refractivity contribution in [3.8, 4) is 6.07 Å². The number of benzene rings is 1. The number of rotatable bonds is 3. The summed E-state index contributed by atoms with van der Waals surface area (Å²) in [5.74, 6) is 0. The molecule has 0 N–H and O–H groups in total. The van der Waals surface area contributed by atoms with E-state index in [4.69, 9.17) is 0 Å². The van der Waals surface area contributed by atoms with Gasteiger partial charge in [0.15, 0.2) is 4.34 Å². The van der Waals surface area contributed by atoms with Gasteiger partial charge >= 0.3 is 0 Å². The minimum Gasteiger partial charge on any atom is -0.353 e. The zero-order valence-electron chi connectivity index (χ0n) is 11.4. The summed E-state index contributed by atoms with van der Waals surface area (Å²) in [7, 11) is 3.84. The maximum absolute atomic E-state index is 9.31. The van der Waals surface area contributed by atoms with E-state index in [9.17, 15) is 5.26 Å². The molecule has 0 atom stereocenters. The number of para-hydroxylation sites is 1. The highest BCUT2D eigenvalue weighted by molar-refractivity contribution is 8.01. The Balaban J connectivity index is 2.00. The summed E-state index contributed by atoms with van der Waals surface area (Å²) in [5.41, 5.74) is 1.43. The van der Waals surface area contributed by atoms with Gasteiger partial charge < -0.3 is 4.90 Å². The first kappa shape index (κ1) is 13.8. The molecule has 3 rings (SSSR count). The summed E-state index contributed by atoms with van der Waals surface area (Å²) in [6, 6.07) is 11.8. The lowest BCUT2D eigenvalue weighted by atomic mass is 10.2. The van der Waals surface area contributed by atoms with Crippen LogP contribution in [-0.2, 0) is 0 Å². The van der Waals surface area contributed by atoms with Crippen LogP contribution in [0.15, 0.2) is 39.7 Å². The van der Waals surface area contributed by atoms with Crippen molar-refractivity contribution in [1.82, 2.24) is 15.2 Å². The molecule has 2 heterocycles. The first-order chi connectivity index (χ1) is 10.2. The lowest BCUT2D eigenvalue weighted by molar-refractivity contribution is 0.971. The number of pyridine rings is 1. The maximum atomic E-state index is 9.31. The Morgan fingerprint density at radius 3 is 2.76 bits per heavy atom. The highest BCUT2D eigenvalue weighted by atomic mass is 32.2. The second-order valence-corrected chi connectivity index (χ2v) is 6.68. The fraction of sp³-hybridized carbons (Fsp3) is 0.143. The van der Waals surface area contributed by atoms with E-state index >= 15 is 0 Å². The van der Waals surface area contributed by atoms with Gasteiger partial charge in [0.1, 0.15) is 11.1 Å². The van der Waals surface area contributed by atoms with Crippen molar-refractivity contribution in [3.63, 3.8) is 0 Å². The van der Waals surface area contributed by atoms with Crippen LogP contribution in [0.3, 0.4) is 0 Å². The topological polar surface area (TPSA) is 65.7 Å². The van der Waals surface area contributed by atoms with Gasteiger partial charge in [0.2, 0.25) is 5.13 Å². The van der Waals surface area contributed by atoms with Crippen molar-refractivity contribution in [1.29, 1.82) is 5.26 Å². The average Bonchev–Trinajstić information content (AvgIpc) is 2.95. The molecule has 5 nitrogen and oxygen atoms in total. The smallest absolute Gasteiger partial charge is 0.208 e. The van der Waals surface area contributed by atoms with Crippen molar-refractivity contribution >= 4 is 39.1 Å². The van der Waals surface area contributed by atoms with E-state index in [1.807, 2.05) is 49.3 Å². The largest absolute Gasteiger partial charge is 0.353 e. The van der Waals surface area contributed by atoms with Gasteiger partial charge in [0.25, 0.3) is 0 Å². The van der Waals surface area contributed by atoms with Gasteiger partial charge in [-0.1, -0.05) is 29.5 Å². The molecule has 0 fully saturated rings. The molecule has 0 amide bonds. The van der Waals surface area contributed by atoms with E-state index in [1.54, 1.807) is 0 Å². The van der Waals surface area contributed by atoms with Gasteiger partial charge in [-0.2, -0.15) is 5.26 Å². The molecule has 104 valence electrons. The van der Waals surface area contributed by atoms with Gasteiger partial charge in [-0.3, -0.25) is 0 Å². The third kappa shape index (κ3) is 2.82. The molecule has 0 aliphatic heterocycles. The molecule has 2 aromatic heterocycles. The van der Waals surface area contributed by atoms with E-state index in [2.05, 4.69) is 21.3 Å². The Morgan fingerprint density at radius 1 is 1.24 bits per heavy atom. The van der Waals surface area contributed by atoms with Crippen LogP contribution in [0.1, 0.15) is 5.56 Å². The molecule has 0 aliphatic rings. The minimum atomic E-state index is 0.556. The summed E-state index contributed by atoms with van der Waals surface area (Å²) in [4.78, 5) is 6.46. The highest BCUT2D eigenvalue weighted by Gasteiger charge is 2.12. The van der Waals surface area contributed by atoms with Gasteiger partial charge in [0, 0.05) is 19.5 Å². The van der Waals surface area contributed by atoms with Crippen molar-refractivity contribution in [2.75, 3.05) is 19.0 Å². The monoisotopic (exact) mass is 313 g/mol. The van der Waals surface area contributed by atoms with E-state index in [0.717, 1.165) is 20.4 Å². The number of nitriles is 1. The SMILES string of the molecule is CN(C)c1nnc(Sc2nc3ccccc3cc2C#N)s1. The van der Waals surface area contributed by atoms with Gasteiger partial charge in [-0.05, 0) is 23.9 Å². The lowest BCUT2D eigenvalue weighted by Gasteiger charge is -2.04. The van der Waals surface area contributed by atoms with E-state index in [0.29, 0.717) is 10.6 Å². The van der Waals surface area contributed by atoms with Crippen LogP contribution in [0.4, 0.5) is 5.13 Å². The number of aromatic nitrogens is 3. The minimum absolute atomic E-state index is 0.556. The Bertz CT molecular complexity index is 835. The van der Waals surface area contributed by atoms with Crippen molar-refractivity contribution in [2.45, 2.75) is 9.37 Å².